The maximum absolute atomic E-state index is 9.95. The lowest BCUT2D eigenvalue weighted by atomic mass is 9.97. The molecule has 2 aliphatic rings. The van der Waals surface area contributed by atoms with Crippen molar-refractivity contribution in [2.45, 2.75) is 51.2 Å². The number of nitrogens with zero attached hydrogens (tertiary/aromatic N) is 1. The largest absolute Gasteiger partial charge is 0.393 e. The van der Waals surface area contributed by atoms with Crippen LogP contribution in [0.25, 0.3) is 0 Å². The van der Waals surface area contributed by atoms with Gasteiger partial charge in [0, 0.05) is 25.1 Å². The van der Waals surface area contributed by atoms with Crippen LogP contribution < -0.4 is 0 Å². The molecule has 3 nitrogen and oxygen atoms in total. The second-order valence-corrected chi connectivity index (χ2v) is 5.22. The summed E-state index contributed by atoms with van der Waals surface area (Å²) in [4.78, 5) is 2.55. The predicted octanol–water partition coefficient (Wildman–Crippen LogP) is 1.65. The van der Waals surface area contributed by atoms with Gasteiger partial charge in [-0.3, -0.25) is 0 Å². The van der Waals surface area contributed by atoms with Gasteiger partial charge in [-0.15, -0.1) is 0 Å². The highest BCUT2D eigenvalue weighted by Gasteiger charge is 2.29. The Morgan fingerprint density at radius 2 is 2.00 bits per heavy atom. The van der Waals surface area contributed by atoms with Crippen molar-refractivity contribution in [1.82, 2.24) is 4.90 Å². The van der Waals surface area contributed by atoms with Gasteiger partial charge in [0.05, 0.1) is 12.7 Å². The molecule has 1 aliphatic heterocycles. The predicted molar refractivity (Wildman–Crippen MR) is 64.4 cm³/mol. The van der Waals surface area contributed by atoms with Crippen LogP contribution in [0, 0.1) is 5.92 Å². The van der Waals surface area contributed by atoms with Crippen molar-refractivity contribution in [3.05, 3.63) is 0 Å². The fraction of sp³-hybridized carbons (Fsp3) is 1.00. The Balaban J connectivity index is 1.84. The zero-order valence-corrected chi connectivity index (χ0v) is 10.4. The highest BCUT2D eigenvalue weighted by molar-refractivity contribution is 4.82. The lowest BCUT2D eigenvalue weighted by molar-refractivity contribution is -0.0498. The number of hydrogen-bond acceptors (Lipinski definition) is 3. The monoisotopic (exact) mass is 227 g/mol. The minimum absolute atomic E-state index is 0.149. The van der Waals surface area contributed by atoms with Crippen molar-refractivity contribution in [3.8, 4) is 0 Å². The van der Waals surface area contributed by atoms with Crippen LogP contribution in [0.1, 0.15) is 39.0 Å². The molecule has 1 aliphatic carbocycles. The Morgan fingerprint density at radius 3 is 2.62 bits per heavy atom. The first kappa shape index (κ1) is 12.3. The fourth-order valence-corrected chi connectivity index (χ4v) is 3.07. The molecule has 3 heteroatoms. The van der Waals surface area contributed by atoms with E-state index in [-0.39, 0.29) is 6.10 Å². The maximum Gasteiger partial charge on any atom is 0.0624 e. The van der Waals surface area contributed by atoms with Crippen molar-refractivity contribution in [3.63, 3.8) is 0 Å². The van der Waals surface area contributed by atoms with E-state index in [0.717, 1.165) is 38.8 Å². The van der Waals surface area contributed by atoms with Crippen LogP contribution in [0.4, 0.5) is 0 Å². The van der Waals surface area contributed by atoms with E-state index in [2.05, 4.69) is 11.8 Å². The van der Waals surface area contributed by atoms with Crippen molar-refractivity contribution >= 4 is 0 Å². The van der Waals surface area contributed by atoms with Gasteiger partial charge in [0.15, 0.2) is 0 Å². The zero-order valence-electron chi connectivity index (χ0n) is 10.4. The minimum Gasteiger partial charge on any atom is -0.393 e. The summed E-state index contributed by atoms with van der Waals surface area (Å²) < 4.78 is 5.47. The van der Waals surface area contributed by atoms with E-state index < -0.39 is 0 Å². The molecule has 1 heterocycles. The molecular formula is C13H25NO2. The topological polar surface area (TPSA) is 32.7 Å². The lowest BCUT2D eigenvalue weighted by Gasteiger charge is -2.35. The van der Waals surface area contributed by atoms with E-state index in [1.54, 1.807) is 0 Å². The van der Waals surface area contributed by atoms with Crippen LogP contribution >= 0.6 is 0 Å². The van der Waals surface area contributed by atoms with Crippen LogP contribution in [0.5, 0.6) is 0 Å². The molecule has 2 fully saturated rings. The van der Waals surface area contributed by atoms with E-state index in [4.69, 9.17) is 4.74 Å². The Hall–Kier alpha value is -0.120. The third-order valence-electron chi connectivity index (χ3n) is 4.15. The molecule has 1 N–H and O–H groups in total. The third-order valence-corrected chi connectivity index (χ3v) is 4.15. The third kappa shape index (κ3) is 2.96. The van der Waals surface area contributed by atoms with Gasteiger partial charge in [-0.25, -0.2) is 0 Å². The summed E-state index contributed by atoms with van der Waals surface area (Å²) >= 11 is 0. The molecular weight excluding hydrogens is 202 g/mol. The minimum atomic E-state index is -0.149. The van der Waals surface area contributed by atoms with Gasteiger partial charge in [0.25, 0.3) is 0 Å². The molecule has 0 amide bonds. The lowest BCUT2D eigenvalue weighted by Crippen LogP contribution is -2.44. The fourth-order valence-electron chi connectivity index (χ4n) is 3.07. The molecule has 2 rings (SSSR count). The number of hydrogen-bond donors (Lipinski definition) is 1. The number of aliphatic hydroxyl groups excluding tert-OH is 1. The molecule has 16 heavy (non-hydrogen) atoms. The summed E-state index contributed by atoms with van der Waals surface area (Å²) in [5.41, 5.74) is 0. The first-order chi connectivity index (χ1) is 7.81. The summed E-state index contributed by atoms with van der Waals surface area (Å²) in [5.74, 6) is 0.328. The molecule has 2 atom stereocenters. The Morgan fingerprint density at radius 1 is 1.25 bits per heavy atom. The average molecular weight is 227 g/mol. The molecule has 0 aromatic carbocycles. The van der Waals surface area contributed by atoms with E-state index in [0.29, 0.717) is 5.92 Å². The van der Waals surface area contributed by atoms with Crippen molar-refractivity contribution < 1.29 is 9.84 Å². The molecule has 0 spiro atoms. The second kappa shape index (κ2) is 5.99. The van der Waals surface area contributed by atoms with Crippen LogP contribution in [0.15, 0.2) is 0 Å². The van der Waals surface area contributed by atoms with Gasteiger partial charge in [-0.2, -0.15) is 0 Å². The Bertz CT molecular complexity index is 204. The SMILES string of the molecule is CCN(CC1COCCC1O)C1CCCC1. The van der Waals surface area contributed by atoms with Crippen LogP contribution in [-0.2, 0) is 4.74 Å². The van der Waals surface area contributed by atoms with Gasteiger partial charge in [0.1, 0.15) is 0 Å². The van der Waals surface area contributed by atoms with Gasteiger partial charge in [-0.1, -0.05) is 19.8 Å². The summed E-state index contributed by atoms with van der Waals surface area (Å²) in [6, 6.07) is 0.763. The summed E-state index contributed by atoms with van der Waals surface area (Å²) in [7, 11) is 0. The van der Waals surface area contributed by atoms with Crippen molar-refractivity contribution in [1.29, 1.82) is 0 Å². The van der Waals surface area contributed by atoms with E-state index in [1.165, 1.54) is 25.7 Å². The Kier molecular flexibility index (Phi) is 4.62. The highest BCUT2D eigenvalue weighted by Crippen LogP contribution is 2.25. The first-order valence-electron chi connectivity index (χ1n) is 6.81. The van der Waals surface area contributed by atoms with Crippen LogP contribution in [-0.4, -0.2) is 48.5 Å². The molecule has 0 aromatic rings. The zero-order chi connectivity index (χ0) is 11.4. The molecule has 0 aromatic heterocycles. The van der Waals surface area contributed by atoms with Gasteiger partial charge >= 0.3 is 0 Å². The van der Waals surface area contributed by atoms with Gasteiger partial charge in [-0.05, 0) is 25.8 Å². The molecule has 0 bridgehead atoms. The van der Waals surface area contributed by atoms with E-state index >= 15 is 0 Å². The average Bonchev–Trinajstić information content (AvgIpc) is 2.81. The summed E-state index contributed by atoms with van der Waals surface area (Å²) in [6.45, 7) is 5.82. The molecule has 2 unspecified atom stereocenters. The van der Waals surface area contributed by atoms with E-state index in [9.17, 15) is 5.11 Å². The first-order valence-corrected chi connectivity index (χ1v) is 6.81. The Labute approximate surface area is 98.8 Å². The van der Waals surface area contributed by atoms with Gasteiger partial charge in [0.2, 0.25) is 0 Å². The quantitative estimate of drug-likeness (QED) is 0.792. The van der Waals surface area contributed by atoms with Crippen molar-refractivity contribution in [2.24, 2.45) is 5.92 Å². The molecule has 1 saturated carbocycles. The standard InChI is InChI=1S/C13H25NO2/c1-2-14(12-5-3-4-6-12)9-11-10-16-8-7-13(11)15/h11-13,15H,2-10H2,1H3. The highest BCUT2D eigenvalue weighted by atomic mass is 16.5. The number of ether oxygens (including phenoxy) is 1. The van der Waals surface area contributed by atoms with Crippen LogP contribution in [0.2, 0.25) is 0 Å². The second-order valence-electron chi connectivity index (χ2n) is 5.22. The summed E-state index contributed by atoms with van der Waals surface area (Å²) in [5, 5.41) is 9.95. The summed E-state index contributed by atoms with van der Waals surface area (Å²) in [6.07, 6.45) is 6.11. The van der Waals surface area contributed by atoms with Crippen molar-refractivity contribution in [2.75, 3.05) is 26.3 Å². The molecule has 0 radical (unpaired) electrons. The molecule has 94 valence electrons. The normalized spacial score (nSPS) is 32.4. The van der Waals surface area contributed by atoms with Crippen LogP contribution in [0.3, 0.4) is 0 Å². The molecule has 1 saturated heterocycles. The number of aliphatic hydroxyl groups is 1. The van der Waals surface area contributed by atoms with E-state index in [1.807, 2.05) is 0 Å². The maximum atomic E-state index is 9.95. The smallest absolute Gasteiger partial charge is 0.0624 e. The van der Waals surface area contributed by atoms with Gasteiger partial charge < -0.3 is 14.7 Å². The number of rotatable bonds is 4.